The number of rotatable bonds is 4. The average Bonchev–Trinajstić information content (AvgIpc) is 1.63. The maximum Gasteiger partial charge on any atom is 0.329 e. The Morgan fingerprint density at radius 1 is 1.67 bits per heavy atom. The fourth-order valence-electron chi connectivity index (χ4n) is 0.313. The van der Waals surface area contributed by atoms with Crippen molar-refractivity contribution in [3.63, 3.8) is 0 Å². The molecule has 0 aromatic rings. The van der Waals surface area contributed by atoms with Crippen LogP contribution in [-0.4, -0.2) is 24.3 Å². The van der Waals surface area contributed by atoms with Crippen molar-refractivity contribution >= 4 is 5.97 Å². The molecular formula is C6H10O3. The predicted molar refractivity (Wildman–Crippen MR) is 33.3 cm³/mol. The van der Waals surface area contributed by atoms with Crippen molar-refractivity contribution in [1.82, 2.24) is 0 Å². The molecule has 0 aromatic heterocycles. The molecule has 0 fully saturated rings. The quantitative estimate of drug-likeness (QED) is 0.569. The van der Waals surface area contributed by atoms with Crippen LogP contribution in [0.2, 0.25) is 0 Å². The van der Waals surface area contributed by atoms with Crippen molar-refractivity contribution in [3.05, 3.63) is 12.2 Å². The van der Waals surface area contributed by atoms with Crippen LogP contribution in [0.4, 0.5) is 0 Å². The van der Waals surface area contributed by atoms with Crippen molar-refractivity contribution in [3.8, 4) is 0 Å². The summed E-state index contributed by atoms with van der Waals surface area (Å²) in [4.78, 5) is 9.83. The Hall–Kier alpha value is -0.830. The highest BCUT2D eigenvalue weighted by Crippen LogP contribution is 1.86. The van der Waals surface area contributed by atoms with Gasteiger partial charge in [0.2, 0.25) is 0 Å². The largest absolute Gasteiger partial charge is 0.480 e. The molecule has 1 N–H and O–H groups in total. The molecule has 0 aliphatic rings. The summed E-state index contributed by atoms with van der Waals surface area (Å²) in [5.41, 5.74) is 0.830. The van der Waals surface area contributed by atoms with Crippen LogP contribution in [0.25, 0.3) is 0 Å². The summed E-state index contributed by atoms with van der Waals surface area (Å²) in [5.74, 6) is -0.948. The molecular weight excluding hydrogens is 120 g/mol. The minimum absolute atomic E-state index is 0.243. The molecule has 0 aliphatic heterocycles. The highest BCUT2D eigenvalue weighted by molar-refractivity contribution is 5.68. The second-order valence-corrected chi connectivity index (χ2v) is 1.84. The Bertz CT molecular complexity index is 103. The second-order valence-electron chi connectivity index (χ2n) is 1.84. The van der Waals surface area contributed by atoms with E-state index in [1.807, 2.05) is 0 Å². The number of hydrogen-bond donors (Lipinski definition) is 1. The van der Waals surface area contributed by atoms with Crippen LogP contribution in [0.3, 0.4) is 0 Å². The van der Waals surface area contributed by atoms with Crippen LogP contribution in [-0.2, 0) is 9.53 Å². The van der Waals surface area contributed by atoms with Gasteiger partial charge in [-0.3, -0.25) is 0 Å². The van der Waals surface area contributed by atoms with Gasteiger partial charge in [0.15, 0.2) is 0 Å². The lowest BCUT2D eigenvalue weighted by Gasteiger charge is -1.97. The van der Waals surface area contributed by atoms with Gasteiger partial charge in [0.1, 0.15) is 6.61 Å². The van der Waals surface area contributed by atoms with Gasteiger partial charge in [-0.25, -0.2) is 4.79 Å². The smallest absolute Gasteiger partial charge is 0.329 e. The van der Waals surface area contributed by atoms with E-state index in [1.54, 1.807) is 6.92 Å². The zero-order chi connectivity index (χ0) is 7.28. The van der Waals surface area contributed by atoms with E-state index in [0.29, 0.717) is 6.61 Å². The highest BCUT2D eigenvalue weighted by Gasteiger charge is 1.94. The molecule has 0 saturated carbocycles. The molecule has 0 heterocycles. The molecule has 0 aromatic carbocycles. The summed E-state index contributed by atoms with van der Waals surface area (Å²) in [6.45, 7) is 5.40. The van der Waals surface area contributed by atoms with Crippen molar-refractivity contribution in [2.75, 3.05) is 13.2 Å². The fourth-order valence-corrected chi connectivity index (χ4v) is 0.313. The number of hydrogen-bond acceptors (Lipinski definition) is 2. The average molecular weight is 130 g/mol. The van der Waals surface area contributed by atoms with Crippen LogP contribution in [0.1, 0.15) is 6.92 Å². The van der Waals surface area contributed by atoms with Crippen LogP contribution in [0.5, 0.6) is 0 Å². The van der Waals surface area contributed by atoms with Gasteiger partial charge in [-0.1, -0.05) is 12.2 Å². The summed E-state index contributed by atoms with van der Waals surface area (Å²) < 4.78 is 4.66. The SMILES string of the molecule is C=C(C)COCC(=O)O. The summed E-state index contributed by atoms with van der Waals surface area (Å²) in [5, 5.41) is 8.07. The van der Waals surface area contributed by atoms with Crippen LogP contribution in [0.15, 0.2) is 12.2 Å². The van der Waals surface area contributed by atoms with Gasteiger partial charge >= 0.3 is 5.97 Å². The van der Waals surface area contributed by atoms with E-state index in [0.717, 1.165) is 5.57 Å². The zero-order valence-electron chi connectivity index (χ0n) is 5.39. The Morgan fingerprint density at radius 3 is 2.56 bits per heavy atom. The molecule has 0 bridgehead atoms. The summed E-state index contributed by atoms with van der Waals surface area (Å²) >= 11 is 0. The van der Waals surface area contributed by atoms with Gasteiger partial charge < -0.3 is 9.84 Å². The molecule has 0 aliphatic carbocycles. The first kappa shape index (κ1) is 8.17. The van der Waals surface area contributed by atoms with Gasteiger partial charge in [0.25, 0.3) is 0 Å². The first-order valence-corrected chi connectivity index (χ1v) is 2.57. The lowest BCUT2D eigenvalue weighted by atomic mass is 10.4. The number of ether oxygens (including phenoxy) is 1. The van der Waals surface area contributed by atoms with E-state index in [2.05, 4.69) is 11.3 Å². The van der Waals surface area contributed by atoms with E-state index in [1.165, 1.54) is 0 Å². The Morgan fingerprint density at radius 2 is 2.22 bits per heavy atom. The minimum Gasteiger partial charge on any atom is -0.480 e. The van der Waals surface area contributed by atoms with Gasteiger partial charge in [-0.2, -0.15) is 0 Å². The normalized spacial score (nSPS) is 9.00. The molecule has 3 nitrogen and oxygen atoms in total. The van der Waals surface area contributed by atoms with E-state index in [9.17, 15) is 4.79 Å². The second kappa shape index (κ2) is 4.09. The molecule has 0 unspecified atom stereocenters. The highest BCUT2D eigenvalue weighted by atomic mass is 16.5. The summed E-state index contributed by atoms with van der Waals surface area (Å²) in [6, 6.07) is 0. The Kier molecular flexibility index (Phi) is 3.71. The molecule has 0 rings (SSSR count). The van der Waals surface area contributed by atoms with Gasteiger partial charge in [-0.15, -0.1) is 0 Å². The zero-order valence-corrected chi connectivity index (χ0v) is 5.39. The van der Waals surface area contributed by atoms with E-state index in [-0.39, 0.29) is 6.61 Å². The molecule has 3 heteroatoms. The van der Waals surface area contributed by atoms with E-state index < -0.39 is 5.97 Å². The molecule has 0 radical (unpaired) electrons. The Labute approximate surface area is 53.9 Å². The predicted octanol–water partition coefficient (Wildman–Crippen LogP) is 0.664. The summed E-state index contributed by atoms with van der Waals surface area (Å²) in [7, 11) is 0. The topological polar surface area (TPSA) is 46.5 Å². The monoisotopic (exact) mass is 130 g/mol. The maximum atomic E-state index is 9.83. The van der Waals surface area contributed by atoms with E-state index in [4.69, 9.17) is 5.11 Å². The van der Waals surface area contributed by atoms with Crippen molar-refractivity contribution in [2.24, 2.45) is 0 Å². The number of carbonyl (C=O) groups is 1. The van der Waals surface area contributed by atoms with E-state index >= 15 is 0 Å². The third kappa shape index (κ3) is 7.17. The first-order valence-electron chi connectivity index (χ1n) is 2.57. The third-order valence-electron chi connectivity index (χ3n) is 0.574. The lowest BCUT2D eigenvalue weighted by molar-refractivity contribution is -0.141. The van der Waals surface area contributed by atoms with Gasteiger partial charge in [0.05, 0.1) is 6.61 Å². The standard InChI is InChI=1S/C6H10O3/c1-5(2)3-9-4-6(7)8/h1,3-4H2,2H3,(H,7,8). The molecule has 9 heavy (non-hydrogen) atoms. The number of carboxylic acids is 1. The lowest BCUT2D eigenvalue weighted by Crippen LogP contribution is -2.07. The minimum atomic E-state index is -0.948. The summed E-state index contributed by atoms with van der Waals surface area (Å²) in [6.07, 6.45) is 0. The maximum absolute atomic E-state index is 9.83. The first-order chi connectivity index (χ1) is 4.13. The van der Waals surface area contributed by atoms with Gasteiger partial charge in [-0.05, 0) is 6.92 Å². The molecule has 52 valence electrons. The molecule has 0 atom stereocenters. The van der Waals surface area contributed by atoms with Crippen molar-refractivity contribution < 1.29 is 14.6 Å². The van der Waals surface area contributed by atoms with Crippen LogP contribution in [0, 0.1) is 0 Å². The third-order valence-corrected chi connectivity index (χ3v) is 0.574. The van der Waals surface area contributed by atoms with Crippen molar-refractivity contribution in [2.45, 2.75) is 6.92 Å². The van der Waals surface area contributed by atoms with Gasteiger partial charge in [0, 0.05) is 0 Å². The molecule has 0 saturated heterocycles. The number of carboxylic acid groups (broad SMARTS) is 1. The van der Waals surface area contributed by atoms with Crippen LogP contribution < -0.4 is 0 Å². The molecule has 0 spiro atoms. The molecule has 0 amide bonds. The number of aliphatic carboxylic acids is 1. The fraction of sp³-hybridized carbons (Fsp3) is 0.500. The van der Waals surface area contributed by atoms with Crippen LogP contribution >= 0.6 is 0 Å². The Balaban J connectivity index is 3.10. The van der Waals surface area contributed by atoms with Crippen molar-refractivity contribution in [1.29, 1.82) is 0 Å².